The van der Waals surface area contributed by atoms with Crippen molar-refractivity contribution in [1.82, 2.24) is 19.3 Å². The molecule has 3 rings (SSSR count). The molecule has 0 aliphatic carbocycles. The standard InChI is InChI=1S/C14H15N5O2/c1-21-10-2-3-11-13(8-10)18(9-16-11)6-7-19-5-4-12(17-19)14(15)20/h2-5,8-9H,6-7H2,1H3,(H2,15,20). The van der Waals surface area contributed by atoms with Crippen molar-refractivity contribution in [2.24, 2.45) is 5.73 Å². The summed E-state index contributed by atoms with van der Waals surface area (Å²) < 4.78 is 8.93. The number of carbonyl (C=O) groups is 1. The number of rotatable bonds is 5. The summed E-state index contributed by atoms with van der Waals surface area (Å²) in [5, 5.41) is 4.11. The van der Waals surface area contributed by atoms with E-state index in [4.69, 9.17) is 10.5 Å². The quantitative estimate of drug-likeness (QED) is 0.758. The smallest absolute Gasteiger partial charge is 0.269 e. The van der Waals surface area contributed by atoms with Crippen molar-refractivity contribution in [3.05, 3.63) is 42.5 Å². The molecule has 0 bridgehead atoms. The number of carbonyl (C=O) groups excluding carboxylic acids is 1. The van der Waals surface area contributed by atoms with Crippen molar-refractivity contribution in [3.63, 3.8) is 0 Å². The van der Waals surface area contributed by atoms with E-state index in [2.05, 4.69) is 10.1 Å². The summed E-state index contributed by atoms with van der Waals surface area (Å²) in [5.41, 5.74) is 7.36. The Morgan fingerprint density at radius 2 is 2.19 bits per heavy atom. The molecule has 2 aromatic heterocycles. The topological polar surface area (TPSA) is 88.0 Å². The van der Waals surface area contributed by atoms with Gasteiger partial charge in [-0.3, -0.25) is 9.48 Å². The number of hydrogen-bond donors (Lipinski definition) is 1. The number of hydrogen-bond acceptors (Lipinski definition) is 4. The van der Waals surface area contributed by atoms with Crippen LogP contribution in [0, 0.1) is 0 Å². The van der Waals surface area contributed by atoms with Gasteiger partial charge in [0.25, 0.3) is 5.91 Å². The number of nitrogens with zero attached hydrogens (tertiary/aromatic N) is 4. The minimum Gasteiger partial charge on any atom is -0.497 e. The Balaban J connectivity index is 1.79. The van der Waals surface area contributed by atoms with E-state index in [0.29, 0.717) is 13.1 Å². The highest BCUT2D eigenvalue weighted by molar-refractivity contribution is 5.90. The van der Waals surface area contributed by atoms with Crippen LogP contribution >= 0.6 is 0 Å². The van der Waals surface area contributed by atoms with Gasteiger partial charge >= 0.3 is 0 Å². The SMILES string of the molecule is COc1ccc2ncn(CCn3ccc(C(N)=O)n3)c2c1. The molecular weight excluding hydrogens is 270 g/mol. The van der Waals surface area contributed by atoms with Crippen molar-refractivity contribution >= 4 is 16.9 Å². The summed E-state index contributed by atoms with van der Waals surface area (Å²) in [4.78, 5) is 15.4. The zero-order valence-electron chi connectivity index (χ0n) is 11.6. The van der Waals surface area contributed by atoms with Gasteiger partial charge in [0.2, 0.25) is 0 Å². The van der Waals surface area contributed by atoms with Crippen LogP contribution in [0.15, 0.2) is 36.8 Å². The molecule has 0 saturated carbocycles. The van der Waals surface area contributed by atoms with Crippen LogP contribution < -0.4 is 10.5 Å². The van der Waals surface area contributed by atoms with Gasteiger partial charge < -0.3 is 15.0 Å². The zero-order chi connectivity index (χ0) is 14.8. The van der Waals surface area contributed by atoms with Gasteiger partial charge in [0.15, 0.2) is 0 Å². The van der Waals surface area contributed by atoms with Crippen LogP contribution in [-0.2, 0) is 13.1 Å². The van der Waals surface area contributed by atoms with Crippen LogP contribution in [0.2, 0.25) is 0 Å². The number of amides is 1. The number of aryl methyl sites for hydroxylation is 2. The Labute approximate surface area is 120 Å². The first-order valence-corrected chi connectivity index (χ1v) is 6.49. The van der Waals surface area contributed by atoms with E-state index >= 15 is 0 Å². The molecular formula is C14H15N5O2. The highest BCUT2D eigenvalue weighted by atomic mass is 16.5. The summed E-state index contributed by atoms with van der Waals surface area (Å²) in [6, 6.07) is 7.35. The minimum atomic E-state index is -0.522. The van der Waals surface area contributed by atoms with Gasteiger partial charge in [-0.05, 0) is 18.2 Å². The van der Waals surface area contributed by atoms with E-state index in [9.17, 15) is 4.79 Å². The van der Waals surface area contributed by atoms with E-state index in [1.807, 2.05) is 22.8 Å². The van der Waals surface area contributed by atoms with Gasteiger partial charge in [0.05, 0.1) is 31.0 Å². The third-order valence-corrected chi connectivity index (χ3v) is 3.29. The van der Waals surface area contributed by atoms with E-state index < -0.39 is 5.91 Å². The second-order valence-electron chi connectivity index (χ2n) is 4.62. The molecule has 0 radical (unpaired) electrons. The molecule has 21 heavy (non-hydrogen) atoms. The lowest BCUT2D eigenvalue weighted by Gasteiger charge is -2.06. The molecule has 0 saturated heterocycles. The Hall–Kier alpha value is -2.83. The summed E-state index contributed by atoms with van der Waals surface area (Å²) in [6.07, 6.45) is 3.52. The fourth-order valence-electron chi connectivity index (χ4n) is 2.17. The van der Waals surface area contributed by atoms with E-state index in [-0.39, 0.29) is 5.69 Å². The van der Waals surface area contributed by atoms with Crippen molar-refractivity contribution < 1.29 is 9.53 Å². The van der Waals surface area contributed by atoms with Crippen LogP contribution in [0.25, 0.3) is 11.0 Å². The molecule has 1 amide bonds. The number of ether oxygens (including phenoxy) is 1. The van der Waals surface area contributed by atoms with E-state index in [1.54, 1.807) is 30.4 Å². The first-order valence-electron chi connectivity index (χ1n) is 6.49. The maximum absolute atomic E-state index is 11.0. The first kappa shape index (κ1) is 13.2. The molecule has 0 aliphatic rings. The summed E-state index contributed by atoms with van der Waals surface area (Å²) in [5.74, 6) is 0.269. The number of nitrogens with two attached hydrogens (primary N) is 1. The average molecular weight is 285 g/mol. The summed E-state index contributed by atoms with van der Waals surface area (Å²) >= 11 is 0. The second-order valence-corrected chi connectivity index (χ2v) is 4.62. The van der Waals surface area contributed by atoms with Crippen molar-refractivity contribution in [3.8, 4) is 5.75 Å². The lowest BCUT2D eigenvalue weighted by Crippen LogP contribution is -2.13. The maximum atomic E-state index is 11.0. The fraction of sp³-hybridized carbons (Fsp3) is 0.214. The Morgan fingerprint density at radius 1 is 1.33 bits per heavy atom. The summed E-state index contributed by atoms with van der Waals surface area (Å²) in [7, 11) is 1.64. The maximum Gasteiger partial charge on any atom is 0.269 e. The number of fused-ring (bicyclic) bond motifs is 1. The minimum absolute atomic E-state index is 0.271. The lowest BCUT2D eigenvalue weighted by molar-refractivity contribution is 0.0994. The summed E-state index contributed by atoms with van der Waals surface area (Å²) in [6.45, 7) is 1.31. The number of aromatic nitrogens is 4. The molecule has 2 heterocycles. The van der Waals surface area contributed by atoms with Gasteiger partial charge in [-0.1, -0.05) is 0 Å². The lowest BCUT2D eigenvalue weighted by atomic mass is 10.3. The molecule has 7 heteroatoms. The molecule has 0 atom stereocenters. The van der Waals surface area contributed by atoms with Crippen molar-refractivity contribution in [2.45, 2.75) is 13.1 Å². The number of primary amides is 1. The molecule has 0 unspecified atom stereocenters. The molecule has 1 aromatic carbocycles. The molecule has 0 fully saturated rings. The second kappa shape index (κ2) is 5.28. The molecule has 0 aliphatic heterocycles. The number of methoxy groups -OCH3 is 1. The first-order chi connectivity index (χ1) is 10.2. The molecule has 0 spiro atoms. The van der Waals surface area contributed by atoms with E-state index in [1.165, 1.54) is 0 Å². The normalized spacial score (nSPS) is 10.9. The predicted molar refractivity (Wildman–Crippen MR) is 77.0 cm³/mol. The van der Waals surface area contributed by atoms with Crippen molar-refractivity contribution in [1.29, 1.82) is 0 Å². The monoisotopic (exact) mass is 285 g/mol. The van der Waals surface area contributed by atoms with E-state index in [0.717, 1.165) is 16.8 Å². The molecule has 2 N–H and O–H groups in total. The third-order valence-electron chi connectivity index (χ3n) is 3.29. The van der Waals surface area contributed by atoms with Gasteiger partial charge in [-0.25, -0.2) is 4.98 Å². The highest BCUT2D eigenvalue weighted by Gasteiger charge is 2.07. The Bertz CT molecular complexity index is 790. The Morgan fingerprint density at radius 3 is 2.90 bits per heavy atom. The average Bonchev–Trinajstić information content (AvgIpc) is 3.11. The molecule has 3 aromatic rings. The number of benzene rings is 1. The predicted octanol–water partition coefficient (Wildman–Crippen LogP) is 1.04. The van der Waals surface area contributed by atoms with Crippen LogP contribution in [0.3, 0.4) is 0 Å². The van der Waals surface area contributed by atoms with Gasteiger partial charge in [-0.2, -0.15) is 5.10 Å². The van der Waals surface area contributed by atoms with Crippen LogP contribution in [0.5, 0.6) is 5.75 Å². The van der Waals surface area contributed by atoms with Gasteiger partial charge in [-0.15, -0.1) is 0 Å². The highest BCUT2D eigenvalue weighted by Crippen LogP contribution is 2.19. The van der Waals surface area contributed by atoms with Crippen molar-refractivity contribution in [2.75, 3.05) is 7.11 Å². The third kappa shape index (κ3) is 2.58. The van der Waals surface area contributed by atoms with Crippen LogP contribution in [-0.4, -0.2) is 32.3 Å². The van der Waals surface area contributed by atoms with Crippen LogP contribution in [0.1, 0.15) is 10.5 Å². The largest absolute Gasteiger partial charge is 0.497 e. The van der Waals surface area contributed by atoms with Crippen LogP contribution in [0.4, 0.5) is 0 Å². The van der Waals surface area contributed by atoms with Gasteiger partial charge in [0.1, 0.15) is 11.4 Å². The fourth-order valence-corrected chi connectivity index (χ4v) is 2.17. The zero-order valence-corrected chi connectivity index (χ0v) is 11.6. The molecule has 7 nitrogen and oxygen atoms in total. The number of imidazole rings is 1. The van der Waals surface area contributed by atoms with Gasteiger partial charge in [0, 0.05) is 18.8 Å². The molecule has 108 valence electrons. The Kier molecular flexibility index (Phi) is 3.31.